The number of anilines is 1. The molecule has 0 amide bonds. The van der Waals surface area contributed by atoms with Crippen molar-refractivity contribution in [1.29, 1.82) is 5.26 Å². The number of nitrogen functional groups attached to an aromatic ring is 1. The van der Waals surface area contributed by atoms with Crippen molar-refractivity contribution in [3.63, 3.8) is 0 Å². The largest absolute Gasteiger partial charge is 0.464 e. The molecule has 1 aromatic heterocycles. The van der Waals surface area contributed by atoms with E-state index >= 15 is 0 Å². The van der Waals surface area contributed by atoms with E-state index in [2.05, 4.69) is 15.9 Å². The zero-order chi connectivity index (χ0) is 17.1. The third kappa shape index (κ3) is 2.97. The Morgan fingerprint density at radius 1 is 1.35 bits per heavy atom. The number of carbonyl (C=O) groups is 1. The molecule has 1 aromatic carbocycles. The maximum atomic E-state index is 12.2. The molecule has 0 aliphatic heterocycles. The molecule has 0 radical (unpaired) electrons. The van der Waals surface area contributed by atoms with Crippen molar-refractivity contribution < 1.29 is 9.53 Å². The third-order valence-electron chi connectivity index (χ3n) is 3.78. The molecule has 0 saturated carbocycles. The summed E-state index contributed by atoms with van der Waals surface area (Å²) in [5, 5.41) is 9.25. The fourth-order valence-corrected chi connectivity index (χ4v) is 3.21. The molecular weight excluding hydrogens is 358 g/mol. The Kier molecular flexibility index (Phi) is 5.12. The lowest BCUT2D eigenvalue weighted by Gasteiger charge is -2.17. The number of aromatic nitrogens is 1. The van der Waals surface area contributed by atoms with Gasteiger partial charge in [0.15, 0.2) is 5.69 Å². The lowest BCUT2D eigenvalue weighted by molar-refractivity contribution is 0.0593. The predicted octanol–water partition coefficient (Wildman–Crippen LogP) is 3.61. The van der Waals surface area contributed by atoms with Crippen LogP contribution < -0.4 is 5.73 Å². The van der Waals surface area contributed by atoms with Crippen molar-refractivity contribution in [1.82, 2.24) is 4.57 Å². The summed E-state index contributed by atoms with van der Waals surface area (Å²) < 4.78 is 7.52. The number of nitriles is 1. The maximum absolute atomic E-state index is 12.2. The summed E-state index contributed by atoms with van der Waals surface area (Å²) in [4.78, 5) is 12.2. The van der Waals surface area contributed by atoms with Gasteiger partial charge >= 0.3 is 5.97 Å². The first-order chi connectivity index (χ1) is 11.0. The average Bonchev–Trinajstić information content (AvgIpc) is 2.89. The molecule has 0 saturated heterocycles. The number of halogens is 1. The van der Waals surface area contributed by atoms with Gasteiger partial charge in [-0.1, -0.05) is 29.8 Å². The molecular formula is C17H18BrN3O2. The van der Waals surface area contributed by atoms with E-state index in [0.29, 0.717) is 0 Å². The molecule has 0 bridgehead atoms. The average molecular weight is 376 g/mol. The first-order valence-electron chi connectivity index (χ1n) is 7.29. The number of rotatable bonds is 4. The first kappa shape index (κ1) is 17.1. The van der Waals surface area contributed by atoms with Crippen LogP contribution in [0.2, 0.25) is 0 Å². The molecule has 0 atom stereocenters. The summed E-state index contributed by atoms with van der Waals surface area (Å²) in [5.41, 5.74) is 9.58. The van der Waals surface area contributed by atoms with Gasteiger partial charge in [0.2, 0.25) is 0 Å². The fourth-order valence-electron chi connectivity index (χ4n) is 2.66. The normalized spacial score (nSPS) is 10.4. The van der Waals surface area contributed by atoms with Gasteiger partial charge in [0.25, 0.3) is 0 Å². The van der Waals surface area contributed by atoms with Gasteiger partial charge in [0.1, 0.15) is 6.07 Å². The van der Waals surface area contributed by atoms with Crippen LogP contribution >= 0.6 is 15.9 Å². The SMILES string of the molecule is CCc1cc(Br)cc(CC)c1-n1cc(C#N)c(N)c1C(=O)OC. The van der Waals surface area contributed by atoms with Crippen molar-refractivity contribution in [3.05, 3.63) is 45.2 Å². The van der Waals surface area contributed by atoms with E-state index in [1.165, 1.54) is 7.11 Å². The lowest BCUT2D eigenvalue weighted by atomic mass is 10.0. The van der Waals surface area contributed by atoms with Gasteiger partial charge in [-0.05, 0) is 36.1 Å². The second-order valence-electron chi connectivity index (χ2n) is 5.06. The fraction of sp³-hybridized carbons (Fsp3) is 0.294. The van der Waals surface area contributed by atoms with Crippen molar-refractivity contribution in [3.8, 4) is 11.8 Å². The molecule has 6 heteroatoms. The molecule has 0 aliphatic rings. The van der Waals surface area contributed by atoms with E-state index in [9.17, 15) is 10.1 Å². The number of nitrogens with two attached hydrogens (primary N) is 1. The van der Waals surface area contributed by atoms with Crippen LogP contribution in [0.25, 0.3) is 5.69 Å². The number of ether oxygens (including phenoxy) is 1. The van der Waals surface area contributed by atoms with E-state index < -0.39 is 5.97 Å². The first-order valence-corrected chi connectivity index (χ1v) is 8.08. The number of hydrogen-bond acceptors (Lipinski definition) is 4. The Labute approximate surface area is 143 Å². The van der Waals surface area contributed by atoms with Crippen LogP contribution in [0.4, 0.5) is 5.69 Å². The second-order valence-corrected chi connectivity index (χ2v) is 5.97. The topological polar surface area (TPSA) is 81.0 Å². The minimum absolute atomic E-state index is 0.145. The Balaban J connectivity index is 2.87. The molecule has 23 heavy (non-hydrogen) atoms. The van der Waals surface area contributed by atoms with Crippen LogP contribution in [0.15, 0.2) is 22.8 Å². The maximum Gasteiger partial charge on any atom is 0.357 e. The van der Waals surface area contributed by atoms with E-state index in [1.54, 1.807) is 10.8 Å². The zero-order valence-electron chi connectivity index (χ0n) is 13.3. The van der Waals surface area contributed by atoms with E-state index in [1.807, 2.05) is 32.0 Å². The minimum atomic E-state index is -0.559. The monoisotopic (exact) mass is 375 g/mol. The molecule has 2 N–H and O–H groups in total. The van der Waals surface area contributed by atoms with Crippen molar-refractivity contribution in [2.24, 2.45) is 0 Å². The standard InChI is InChI=1S/C17H18BrN3O2/c1-4-10-6-13(18)7-11(5-2)15(10)21-9-12(8-19)14(20)16(21)17(22)23-3/h6-7,9H,4-5,20H2,1-3H3. The van der Waals surface area contributed by atoms with Crippen LogP contribution in [0.5, 0.6) is 0 Å². The molecule has 0 fully saturated rings. The molecule has 2 aromatic rings. The van der Waals surface area contributed by atoms with Crippen LogP contribution in [-0.4, -0.2) is 17.6 Å². The number of carbonyl (C=O) groups excluding carboxylic acids is 1. The quantitative estimate of drug-likeness (QED) is 0.827. The molecule has 5 nitrogen and oxygen atoms in total. The summed E-state index contributed by atoms with van der Waals surface area (Å²) in [6.45, 7) is 4.08. The molecule has 0 unspecified atom stereocenters. The molecule has 0 aliphatic carbocycles. The van der Waals surface area contributed by atoms with E-state index in [4.69, 9.17) is 10.5 Å². The van der Waals surface area contributed by atoms with Gasteiger partial charge in [-0.2, -0.15) is 5.26 Å². The van der Waals surface area contributed by atoms with Gasteiger partial charge in [-0.15, -0.1) is 0 Å². The molecule has 2 rings (SSSR count). The predicted molar refractivity (Wildman–Crippen MR) is 92.7 cm³/mol. The number of hydrogen-bond donors (Lipinski definition) is 1. The van der Waals surface area contributed by atoms with Crippen molar-refractivity contribution >= 4 is 27.6 Å². The Bertz CT molecular complexity index is 778. The van der Waals surface area contributed by atoms with Crippen LogP contribution in [0, 0.1) is 11.3 Å². The van der Waals surface area contributed by atoms with Gasteiger partial charge < -0.3 is 15.0 Å². The number of benzene rings is 1. The zero-order valence-corrected chi connectivity index (χ0v) is 14.9. The van der Waals surface area contributed by atoms with Crippen LogP contribution in [0.1, 0.15) is 41.0 Å². The van der Waals surface area contributed by atoms with E-state index in [0.717, 1.165) is 34.1 Å². The summed E-state index contributed by atoms with van der Waals surface area (Å²) >= 11 is 3.52. The van der Waals surface area contributed by atoms with Gasteiger partial charge in [0.05, 0.1) is 24.0 Å². The highest BCUT2D eigenvalue weighted by molar-refractivity contribution is 9.10. The highest BCUT2D eigenvalue weighted by atomic mass is 79.9. The third-order valence-corrected chi connectivity index (χ3v) is 4.24. The summed E-state index contributed by atoms with van der Waals surface area (Å²) in [6.07, 6.45) is 3.16. The summed E-state index contributed by atoms with van der Waals surface area (Å²) in [6, 6.07) is 6.05. The Morgan fingerprint density at radius 3 is 2.35 bits per heavy atom. The Morgan fingerprint density at radius 2 is 1.91 bits per heavy atom. The molecule has 120 valence electrons. The second kappa shape index (κ2) is 6.88. The highest BCUT2D eigenvalue weighted by Gasteiger charge is 2.24. The van der Waals surface area contributed by atoms with Gasteiger partial charge in [0, 0.05) is 10.7 Å². The lowest BCUT2D eigenvalue weighted by Crippen LogP contribution is -2.13. The van der Waals surface area contributed by atoms with Gasteiger partial charge in [-0.25, -0.2) is 4.79 Å². The molecule has 1 heterocycles. The van der Waals surface area contributed by atoms with Crippen molar-refractivity contribution in [2.45, 2.75) is 26.7 Å². The number of methoxy groups -OCH3 is 1. The van der Waals surface area contributed by atoms with Gasteiger partial charge in [-0.3, -0.25) is 0 Å². The smallest absolute Gasteiger partial charge is 0.357 e. The van der Waals surface area contributed by atoms with E-state index in [-0.39, 0.29) is 16.9 Å². The number of esters is 1. The molecule has 0 spiro atoms. The number of aryl methyl sites for hydroxylation is 2. The Hall–Kier alpha value is -2.26. The minimum Gasteiger partial charge on any atom is -0.464 e. The summed E-state index contributed by atoms with van der Waals surface area (Å²) in [5.74, 6) is -0.559. The summed E-state index contributed by atoms with van der Waals surface area (Å²) in [7, 11) is 1.30. The number of nitrogens with zero attached hydrogens (tertiary/aromatic N) is 2. The highest BCUT2D eigenvalue weighted by Crippen LogP contribution is 2.31. The van der Waals surface area contributed by atoms with Crippen LogP contribution in [0.3, 0.4) is 0 Å². The van der Waals surface area contributed by atoms with Crippen LogP contribution in [-0.2, 0) is 17.6 Å². The van der Waals surface area contributed by atoms with Crippen molar-refractivity contribution in [2.75, 3.05) is 12.8 Å².